The Labute approximate surface area is 187 Å². The molecule has 0 fully saturated rings. The monoisotopic (exact) mass is 476 g/mol. The van der Waals surface area contributed by atoms with Crippen molar-refractivity contribution in [3.05, 3.63) is 0 Å². The third kappa shape index (κ3) is 11.4. The number of hydrogen-bond acceptors (Lipinski definition) is 9. The first-order chi connectivity index (χ1) is 15.1. The zero-order chi connectivity index (χ0) is 25.9. The van der Waals surface area contributed by atoms with Crippen molar-refractivity contribution < 1.29 is 48.9 Å². The first-order valence-electron chi connectivity index (χ1n) is 9.51. The molecule has 0 aromatic heterocycles. The van der Waals surface area contributed by atoms with E-state index < -0.39 is 91.0 Å². The fraction of sp³-hybridized carbons (Fsp3) is 0.588. The van der Waals surface area contributed by atoms with Crippen molar-refractivity contribution in [3.8, 4) is 0 Å². The summed E-state index contributed by atoms with van der Waals surface area (Å²) >= 11 is 0. The number of nitrogens with one attached hydrogen (secondary N) is 3. The van der Waals surface area contributed by atoms with Gasteiger partial charge in [0.05, 0.1) is 25.0 Å². The second-order valence-electron chi connectivity index (χ2n) is 7.07. The summed E-state index contributed by atoms with van der Waals surface area (Å²) in [4.78, 5) is 81.4. The van der Waals surface area contributed by atoms with Gasteiger partial charge in [0.2, 0.25) is 29.5 Å². The van der Waals surface area contributed by atoms with E-state index in [-0.39, 0.29) is 6.42 Å². The van der Waals surface area contributed by atoms with Crippen LogP contribution in [0.2, 0.25) is 0 Å². The number of carbonyl (C=O) groups is 7. The fourth-order valence-corrected chi connectivity index (χ4v) is 2.44. The highest BCUT2D eigenvalue weighted by atomic mass is 16.4. The van der Waals surface area contributed by atoms with Crippen LogP contribution in [-0.4, -0.2) is 87.1 Å². The standard InChI is InChI=1S/C17H28N6O10/c1-6(24)13(17(32)33)23-16(31)9(5-11(20)26)22-15(30)8(2-3-10(19)25)21-14(29)7(18)4-12(27)28/h6-9,13,24H,2-5,18H2,1H3,(H2,19,25)(H2,20,26)(H,21,29)(H,22,30)(H,23,31)(H,27,28)(H,32,33). The molecule has 0 aliphatic heterocycles. The molecule has 33 heavy (non-hydrogen) atoms. The van der Waals surface area contributed by atoms with Crippen LogP contribution in [-0.2, 0) is 33.6 Å². The lowest BCUT2D eigenvalue weighted by molar-refractivity contribution is -0.145. The van der Waals surface area contributed by atoms with Gasteiger partial charge in [0.1, 0.15) is 12.1 Å². The number of carboxylic acid groups (broad SMARTS) is 2. The Balaban J connectivity index is 5.60. The van der Waals surface area contributed by atoms with E-state index in [2.05, 4.69) is 10.6 Å². The lowest BCUT2D eigenvalue weighted by atomic mass is 10.1. The van der Waals surface area contributed by atoms with Gasteiger partial charge < -0.3 is 48.5 Å². The van der Waals surface area contributed by atoms with Crippen molar-refractivity contribution >= 4 is 41.5 Å². The number of carboxylic acids is 2. The van der Waals surface area contributed by atoms with Gasteiger partial charge in [-0.05, 0) is 13.3 Å². The van der Waals surface area contributed by atoms with Crippen molar-refractivity contribution in [2.75, 3.05) is 0 Å². The predicted molar refractivity (Wildman–Crippen MR) is 108 cm³/mol. The Hall–Kier alpha value is -3.79. The first-order valence-corrected chi connectivity index (χ1v) is 9.51. The molecule has 0 heterocycles. The molecule has 0 radical (unpaired) electrons. The minimum absolute atomic E-state index is 0.372. The number of aliphatic hydroxyl groups is 1. The van der Waals surface area contributed by atoms with Gasteiger partial charge in [-0.15, -0.1) is 0 Å². The minimum atomic E-state index is -1.77. The average Bonchev–Trinajstić information content (AvgIpc) is 2.66. The van der Waals surface area contributed by atoms with Gasteiger partial charge in [-0.3, -0.25) is 28.8 Å². The average molecular weight is 476 g/mol. The number of hydrogen-bond donors (Lipinski definition) is 9. The molecular weight excluding hydrogens is 448 g/mol. The van der Waals surface area contributed by atoms with Crippen LogP contribution >= 0.6 is 0 Å². The summed E-state index contributed by atoms with van der Waals surface area (Å²) in [5.74, 6) is -8.22. The van der Waals surface area contributed by atoms with Gasteiger partial charge in [-0.1, -0.05) is 0 Å². The third-order valence-corrected chi connectivity index (χ3v) is 4.13. The van der Waals surface area contributed by atoms with Crippen molar-refractivity contribution in [3.63, 3.8) is 0 Å². The number of nitrogens with two attached hydrogens (primary N) is 3. The normalized spacial score (nSPS) is 15.1. The van der Waals surface area contributed by atoms with Gasteiger partial charge in [0.25, 0.3) is 0 Å². The molecular formula is C17H28N6O10. The van der Waals surface area contributed by atoms with E-state index in [0.717, 1.165) is 6.92 Å². The molecule has 0 saturated carbocycles. The number of aliphatic hydroxyl groups excluding tert-OH is 1. The van der Waals surface area contributed by atoms with Crippen LogP contribution in [0.25, 0.3) is 0 Å². The summed E-state index contributed by atoms with van der Waals surface area (Å²) in [7, 11) is 0. The van der Waals surface area contributed by atoms with Gasteiger partial charge in [-0.2, -0.15) is 0 Å². The van der Waals surface area contributed by atoms with Crippen LogP contribution in [0.4, 0.5) is 0 Å². The molecule has 16 nitrogen and oxygen atoms in total. The second kappa shape index (κ2) is 13.6. The molecule has 0 aliphatic carbocycles. The van der Waals surface area contributed by atoms with Crippen molar-refractivity contribution in [2.24, 2.45) is 17.2 Å². The van der Waals surface area contributed by atoms with E-state index in [9.17, 15) is 38.7 Å². The number of primary amides is 2. The molecule has 12 N–H and O–H groups in total. The zero-order valence-corrected chi connectivity index (χ0v) is 17.6. The number of amides is 5. The first kappa shape index (κ1) is 29.2. The summed E-state index contributed by atoms with van der Waals surface area (Å²) in [6.07, 6.45) is -3.85. The lowest BCUT2D eigenvalue weighted by Gasteiger charge is -2.25. The van der Waals surface area contributed by atoms with E-state index in [1.807, 2.05) is 5.32 Å². The van der Waals surface area contributed by atoms with Crippen molar-refractivity contribution in [2.45, 2.75) is 62.9 Å². The second-order valence-corrected chi connectivity index (χ2v) is 7.07. The van der Waals surface area contributed by atoms with E-state index in [4.69, 9.17) is 27.4 Å². The zero-order valence-electron chi connectivity index (χ0n) is 17.6. The summed E-state index contributed by atoms with van der Waals surface area (Å²) < 4.78 is 0. The SMILES string of the molecule is CC(O)C(NC(=O)C(CC(N)=O)NC(=O)C(CCC(N)=O)NC(=O)C(N)CC(=O)O)C(=O)O. The predicted octanol–water partition coefficient (Wildman–Crippen LogP) is -5.15. The van der Waals surface area contributed by atoms with Crippen LogP contribution in [0.5, 0.6) is 0 Å². The fourth-order valence-electron chi connectivity index (χ4n) is 2.44. The molecule has 0 aliphatic rings. The summed E-state index contributed by atoms with van der Waals surface area (Å²) in [6.45, 7) is 1.08. The quantitative estimate of drug-likeness (QED) is 0.108. The summed E-state index contributed by atoms with van der Waals surface area (Å²) in [6, 6.07) is -6.56. The Morgan fingerprint density at radius 3 is 1.73 bits per heavy atom. The molecule has 0 bridgehead atoms. The van der Waals surface area contributed by atoms with Gasteiger partial charge in [0, 0.05) is 6.42 Å². The van der Waals surface area contributed by atoms with Crippen LogP contribution in [0.1, 0.15) is 32.6 Å². The maximum atomic E-state index is 12.7. The van der Waals surface area contributed by atoms with Crippen LogP contribution < -0.4 is 33.2 Å². The largest absolute Gasteiger partial charge is 0.481 e. The van der Waals surface area contributed by atoms with Crippen LogP contribution in [0, 0.1) is 0 Å². The number of carbonyl (C=O) groups excluding carboxylic acids is 5. The van der Waals surface area contributed by atoms with E-state index in [1.165, 1.54) is 0 Å². The molecule has 0 spiro atoms. The highest BCUT2D eigenvalue weighted by Crippen LogP contribution is 2.03. The third-order valence-electron chi connectivity index (χ3n) is 4.13. The van der Waals surface area contributed by atoms with Crippen molar-refractivity contribution in [1.82, 2.24) is 16.0 Å². The molecule has 0 rings (SSSR count). The van der Waals surface area contributed by atoms with Gasteiger partial charge >= 0.3 is 11.9 Å². The van der Waals surface area contributed by atoms with Crippen LogP contribution in [0.15, 0.2) is 0 Å². The molecule has 16 heteroatoms. The highest BCUT2D eigenvalue weighted by Gasteiger charge is 2.33. The topological polar surface area (TPSA) is 294 Å². The molecule has 0 aromatic carbocycles. The highest BCUT2D eigenvalue weighted by molar-refractivity contribution is 5.96. The minimum Gasteiger partial charge on any atom is -0.481 e. The smallest absolute Gasteiger partial charge is 0.328 e. The molecule has 5 amide bonds. The van der Waals surface area contributed by atoms with Gasteiger partial charge in [-0.25, -0.2) is 4.79 Å². The molecule has 0 saturated heterocycles. The maximum absolute atomic E-state index is 12.7. The molecule has 0 aromatic rings. The Kier molecular flexibility index (Phi) is 12.0. The van der Waals surface area contributed by atoms with E-state index in [1.54, 1.807) is 0 Å². The van der Waals surface area contributed by atoms with Crippen LogP contribution in [0.3, 0.4) is 0 Å². The number of rotatable bonds is 15. The maximum Gasteiger partial charge on any atom is 0.328 e. The lowest BCUT2D eigenvalue weighted by Crippen LogP contribution is -2.59. The Morgan fingerprint density at radius 1 is 0.788 bits per heavy atom. The Bertz CT molecular complexity index is 786. The molecule has 5 unspecified atom stereocenters. The van der Waals surface area contributed by atoms with E-state index >= 15 is 0 Å². The Morgan fingerprint density at radius 2 is 1.30 bits per heavy atom. The van der Waals surface area contributed by atoms with Crippen molar-refractivity contribution in [1.29, 1.82) is 0 Å². The molecule has 5 atom stereocenters. The van der Waals surface area contributed by atoms with E-state index in [0.29, 0.717) is 0 Å². The number of aliphatic carboxylic acids is 2. The summed E-state index contributed by atoms with van der Waals surface area (Å²) in [5, 5.41) is 33.4. The molecule has 186 valence electrons. The summed E-state index contributed by atoms with van der Waals surface area (Å²) in [5.41, 5.74) is 15.5. The van der Waals surface area contributed by atoms with Gasteiger partial charge in [0.15, 0.2) is 6.04 Å².